The van der Waals surface area contributed by atoms with Gasteiger partial charge in [-0.05, 0) is 65.0 Å². The van der Waals surface area contributed by atoms with Crippen LogP contribution in [0.2, 0.25) is 0 Å². The molecule has 87 heavy (non-hydrogen) atoms. The molecule has 0 aliphatic rings. The van der Waals surface area contributed by atoms with Gasteiger partial charge in [0.05, 0.1) is 0 Å². The van der Waals surface area contributed by atoms with Crippen molar-refractivity contribution < 1.29 is 19.2 Å². The fourth-order valence-corrected chi connectivity index (χ4v) is 12.2. The standard InChI is InChI=1S/C77H152N6O4/c1-5-9-13-17-21-25-29-33-34-38-42-46-50-54-58-67-81-77(87)63-73-83(72-62-76(86)80-66-57-53-49-45-41-37-32-28-24-20-16-12-8-4)69-59-68-82(70-60-74(84)78-64-55-51-47-43-39-35-30-26-22-18-14-10-6-2)71-61-75(85)79-65-56-52-48-44-40-36-31-27-23-19-15-11-7-3/h5,9H,6-8,10-73H2,1-4H3,(H,78,84)(H,79,85)(H,80,86)(H,81,87)/b9-5+. The van der Waals surface area contributed by atoms with Gasteiger partial charge in [-0.1, -0.05) is 328 Å². The average Bonchev–Trinajstić information content (AvgIpc) is 3.55. The molecule has 0 rings (SSSR count). The van der Waals surface area contributed by atoms with Gasteiger partial charge >= 0.3 is 0 Å². The Balaban J connectivity index is 5.19. The van der Waals surface area contributed by atoms with Gasteiger partial charge in [0.25, 0.3) is 0 Å². The molecule has 0 atom stereocenters. The number of rotatable bonds is 73. The molecule has 0 saturated carbocycles. The van der Waals surface area contributed by atoms with Gasteiger partial charge in [0, 0.05) is 78.0 Å². The van der Waals surface area contributed by atoms with E-state index in [1.54, 1.807) is 0 Å². The van der Waals surface area contributed by atoms with Crippen LogP contribution in [0, 0.1) is 0 Å². The number of allylic oxidation sites excluding steroid dienone is 2. The van der Waals surface area contributed by atoms with E-state index in [-0.39, 0.29) is 23.6 Å². The molecule has 514 valence electrons. The Labute approximate surface area is 542 Å². The first-order valence-electron chi connectivity index (χ1n) is 39.0. The molecular weight excluding hydrogens is 1070 g/mol. The molecule has 4 amide bonds. The predicted octanol–water partition coefficient (Wildman–Crippen LogP) is 20.9. The molecule has 0 spiro atoms. The number of unbranched alkanes of at least 4 members (excludes halogenated alkanes) is 48. The first kappa shape index (κ1) is 84.5. The van der Waals surface area contributed by atoms with E-state index in [1.807, 2.05) is 0 Å². The van der Waals surface area contributed by atoms with Crippen LogP contribution in [0.4, 0.5) is 0 Å². The molecule has 0 aliphatic heterocycles. The summed E-state index contributed by atoms with van der Waals surface area (Å²) in [5, 5.41) is 12.8. The van der Waals surface area contributed by atoms with Gasteiger partial charge in [0.2, 0.25) is 23.6 Å². The molecule has 0 heterocycles. The summed E-state index contributed by atoms with van der Waals surface area (Å²) in [6, 6.07) is 0. The fourth-order valence-electron chi connectivity index (χ4n) is 12.2. The highest BCUT2D eigenvalue weighted by atomic mass is 16.2. The first-order chi connectivity index (χ1) is 42.9. The largest absolute Gasteiger partial charge is 0.356 e. The van der Waals surface area contributed by atoms with E-state index in [0.717, 1.165) is 97.1 Å². The molecule has 0 aromatic rings. The molecule has 10 heteroatoms. The molecule has 0 fully saturated rings. The molecular formula is C77H152N6O4. The number of amides is 4. The number of carbonyl (C=O) groups is 4. The number of carbonyl (C=O) groups excluding carboxylic acids is 4. The van der Waals surface area contributed by atoms with Gasteiger partial charge in [0.15, 0.2) is 0 Å². The Morgan fingerprint density at radius 3 is 0.621 bits per heavy atom. The summed E-state index contributed by atoms with van der Waals surface area (Å²) < 4.78 is 0. The summed E-state index contributed by atoms with van der Waals surface area (Å²) in [7, 11) is 0. The van der Waals surface area contributed by atoms with E-state index in [9.17, 15) is 19.2 Å². The second-order valence-electron chi connectivity index (χ2n) is 26.8. The maximum absolute atomic E-state index is 13.2. The van der Waals surface area contributed by atoms with E-state index in [1.165, 1.54) is 283 Å². The Hall–Kier alpha value is -2.46. The minimum atomic E-state index is 0.0879. The van der Waals surface area contributed by atoms with E-state index >= 15 is 0 Å². The predicted molar refractivity (Wildman–Crippen MR) is 380 cm³/mol. The van der Waals surface area contributed by atoms with Crippen LogP contribution in [0.5, 0.6) is 0 Å². The molecule has 0 unspecified atom stereocenters. The van der Waals surface area contributed by atoms with Gasteiger partial charge < -0.3 is 31.1 Å². The van der Waals surface area contributed by atoms with E-state index in [2.05, 4.69) is 70.9 Å². The molecule has 0 bridgehead atoms. The normalized spacial score (nSPS) is 11.7. The fraction of sp³-hybridized carbons (Fsp3) is 0.922. The Morgan fingerprint density at radius 2 is 0.425 bits per heavy atom. The van der Waals surface area contributed by atoms with Crippen molar-refractivity contribution in [2.45, 2.75) is 394 Å². The molecule has 0 aromatic carbocycles. The van der Waals surface area contributed by atoms with Crippen molar-refractivity contribution in [2.24, 2.45) is 0 Å². The van der Waals surface area contributed by atoms with Gasteiger partial charge in [-0.2, -0.15) is 0 Å². The lowest BCUT2D eigenvalue weighted by Crippen LogP contribution is -2.38. The van der Waals surface area contributed by atoms with Crippen LogP contribution in [0.15, 0.2) is 12.2 Å². The monoisotopic (exact) mass is 1230 g/mol. The van der Waals surface area contributed by atoms with Crippen LogP contribution in [-0.2, 0) is 19.2 Å². The van der Waals surface area contributed by atoms with Crippen molar-refractivity contribution in [3.05, 3.63) is 12.2 Å². The summed E-state index contributed by atoms with van der Waals surface area (Å²) >= 11 is 0. The minimum absolute atomic E-state index is 0.0879. The highest BCUT2D eigenvalue weighted by Gasteiger charge is 2.15. The SMILES string of the molecule is C/C=C/CCCCCCCCCCCCCCNC(=O)CCN(CCCN(CCC(=O)NCCCCCCCCCCCCCCC)CCC(=O)NCCCCCCCCCCCCCCC)CCC(=O)NCCCCCCCCCCCCCCC. The summed E-state index contributed by atoms with van der Waals surface area (Å²) in [5.41, 5.74) is 0. The zero-order valence-corrected chi connectivity index (χ0v) is 59.1. The Kier molecular flexibility index (Phi) is 70.5. The topological polar surface area (TPSA) is 123 Å². The van der Waals surface area contributed by atoms with Crippen molar-refractivity contribution in [1.82, 2.24) is 31.1 Å². The van der Waals surface area contributed by atoms with Crippen molar-refractivity contribution in [2.75, 3.05) is 65.4 Å². The van der Waals surface area contributed by atoms with Crippen molar-refractivity contribution >= 4 is 23.6 Å². The summed E-state index contributed by atoms with van der Waals surface area (Å²) in [4.78, 5) is 57.3. The maximum atomic E-state index is 13.2. The van der Waals surface area contributed by atoms with Crippen LogP contribution < -0.4 is 21.3 Å². The van der Waals surface area contributed by atoms with E-state index < -0.39 is 0 Å². The number of nitrogens with zero attached hydrogens (tertiary/aromatic N) is 2. The lowest BCUT2D eigenvalue weighted by atomic mass is 10.0. The molecule has 0 saturated heterocycles. The number of nitrogens with one attached hydrogen (secondary N) is 4. The van der Waals surface area contributed by atoms with E-state index in [4.69, 9.17) is 0 Å². The minimum Gasteiger partial charge on any atom is -0.356 e. The van der Waals surface area contributed by atoms with Gasteiger partial charge in [-0.3, -0.25) is 19.2 Å². The van der Waals surface area contributed by atoms with Crippen molar-refractivity contribution in [3.63, 3.8) is 0 Å². The lowest BCUT2D eigenvalue weighted by Gasteiger charge is -2.26. The second-order valence-corrected chi connectivity index (χ2v) is 26.8. The Morgan fingerprint density at radius 1 is 0.241 bits per heavy atom. The van der Waals surface area contributed by atoms with Gasteiger partial charge in [-0.25, -0.2) is 0 Å². The number of hydrogen-bond acceptors (Lipinski definition) is 6. The van der Waals surface area contributed by atoms with Gasteiger partial charge in [0.1, 0.15) is 0 Å². The lowest BCUT2D eigenvalue weighted by molar-refractivity contribution is -0.123. The van der Waals surface area contributed by atoms with Gasteiger partial charge in [-0.15, -0.1) is 0 Å². The Bertz CT molecular complexity index is 1410. The van der Waals surface area contributed by atoms with Crippen molar-refractivity contribution in [3.8, 4) is 0 Å². The van der Waals surface area contributed by atoms with Crippen molar-refractivity contribution in [1.29, 1.82) is 0 Å². The van der Waals surface area contributed by atoms with Crippen LogP contribution >= 0.6 is 0 Å². The second kappa shape index (κ2) is 72.6. The summed E-state index contributed by atoms with van der Waals surface area (Å²) in [6.07, 6.45) is 74.9. The molecule has 10 nitrogen and oxygen atoms in total. The maximum Gasteiger partial charge on any atom is 0.221 e. The van der Waals surface area contributed by atoms with Crippen LogP contribution in [0.1, 0.15) is 394 Å². The van der Waals surface area contributed by atoms with Crippen LogP contribution in [0.25, 0.3) is 0 Å². The third kappa shape index (κ3) is 69.3. The summed E-state index contributed by atoms with van der Waals surface area (Å²) in [5.74, 6) is 0.355. The zero-order chi connectivity index (χ0) is 63.1. The van der Waals surface area contributed by atoms with E-state index in [0.29, 0.717) is 51.9 Å². The molecule has 0 radical (unpaired) electrons. The number of hydrogen-bond donors (Lipinski definition) is 4. The molecule has 0 aromatic heterocycles. The highest BCUT2D eigenvalue weighted by molar-refractivity contribution is 5.77. The molecule has 4 N–H and O–H groups in total. The summed E-state index contributed by atoms with van der Waals surface area (Å²) in [6.45, 7) is 15.8. The smallest absolute Gasteiger partial charge is 0.221 e. The van der Waals surface area contributed by atoms with Crippen LogP contribution in [-0.4, -0.2) is 98.9 Å². The average molecular weight is 1230 g/mol. The third-order valence-corrected chi connectivity index (χ3v) is 18.2. The molecule has 0 aliphatic carbocycles. The highest BCUT2D eigenvalue weighted by Crippen LogP contribution is 2.17. The quantitative estimate of drug-likeness (QED) is 0.0355. The third-order valence-electron chi connectivity index (χ3n) is 18.2. The zero-order valence-electron chi connectivity index (χ0n) is 59.1. The first-order valence-corrected chi connectivity index (χ1v) is 39.0. The van der Waals surface area contributed by atoms with Crippen LogP contribution in [0.3, 0.4) is 0 Å².